The number of hydrogen-bond acceptors (Lipinski definition) is 3. The van der Waals surface area contributed by atoms with E-state index in [0.29, 0.717) is 19.3 Å². The minimum absolute atomic E-state index is 0.280. The highest BCUT2D eigenvalue weighted by molar-refractivity contribution is 5.50. The van der Waals surface area contributed by atoms with Crippen LogP contribution in [-0.2, 0) is 4.79 Å². The summed E-state index contributed by atoms with van der Waals surface area (Å²) in [6, 6.07) is 0. The Bertz CT molecular complexity index is 448. The molecule has 0 spiro atoms. The smallest absolute Gasteiger partial charge is 0.242 e. The second-order valence-electron chi connectivity index (χ2n) is 5.52. The molecule has 0 aliphatic carbocycles. The van der Waals surface area contributed by atoms with E-state index < -0.39 is 0 Å². The summed E-state index contributed by atoms with van der Waals surface area (Å²) in [5.74, 6) is 0. The van der Waals surface area contributed by atoms with Gasteiger partial charge in [-0.3, -0.25) is 14.9 Å². The van der Waals surface area contributed by atoms with Crippen molar-refractivity contribution in [3.05, 3.63) is 58.3 Å². The van der Waals surface area contributed by atoms with Crippen molar-refractivity contribution in [1.82, 2.24) is 0 Å². The molecule has 4 nitrogen and oxygen atoms in total. The highest BCUT2D eigenvalue weighted by Crippen LogP contribution is 2.06. The molecular weight excluding hydrogens is 302 g/mol. The Morgan fingerprint density at radius 3 is 2.08 bits per heavy atom. The monoisotopic (exact) mass is 332 g/mol. The van der Waals surface area contributed by atoms with Gasteiger partial charge >= 0.3 is 0 Å². The Hall–Kier alpha value is -1.97. The van der Waals surface area contributed by atoms with E-state index in [0.717, 1.165) is 32.1 Å². The molecule has 1 radical (unpaired) electrons. The number of rotatable bonds is 15. The van der Waals surface area contributed by atoms with Gasteiger partial charge in [0.05, 0.1) is 4.92 Å². The first kappa shape index (κ1) is 22.0. The van der Waals surface area contributed by atoms with Gasteiger partial charge in [-0.25, -0.2) is 0 Å². The third-order valence-electron chi connectivity index (χ3n) is 3.53. The first-order valence-corrected chi connectivity index (χ1v) is 8.85. The third-order valence-corrected chi connectivity index (χ3v) is 3.53. The summed E-state index contributed by atoms with van der Waals surface area (Å²) < 4.78 is 0. The first-order chi connectivity index (χ1) is 11.7. The Morgan fingerprint density at radius 2 is 1.50 bits per heavy atom. The second-order valence-corrected chi connectivity index (χ2v) is 5.52. The highest BCUT2D eigenvalue weighted by atomic mass is 16.6. The highest BCUT2D eigenvalue weighted by Gasteiger charge is 2.03. The zero-order valence-electron chi connectivity index (χ0n) is 14.8. The summed E-state index contributed by atoms with van der Waals surface area (Å²) in [5, 5.41) is 10.6. The van der Waals surface area contributed by atoms with Crippen molar-refractivity contribution in [2.75, 3.05) is 0 Å². The van der Waals surface area contributed by atoms with Gasteiger partial charge in [0.25, 0.3) is 0 Å². The number of nitrogens with zero attached hydrogens (tertiary/aromatic N) is 1. The van der Waals surface area contributed by atoms with Crippen LogP contribution in [0.3, 0.4) is 0 Å². The topological polar surface area (TPSA) is 60.2 Å². The van der Waals surface area contributed by atoms with Gasteiger partial charge < -0.3 is 0 Å². The van der Waals surface area contributed by atoms with E-state index in [1.54, 1.807) is 13.0 Å². The van der Waals surface area contributed by atoms with Crippen molar-refractivity contribution in [3.63, 3.8) is 0 Å². The standard InChI is InChI=1S/C20H30NO3/c1-2-20(21(23)24)18-16-14-12-10-8-6-4-3-5-7-9-11-13-15-17-19-22/h3,5-6,8,12,14,18H,2,4,7,9-11,13,15-17H2,1H3/b5-3-,8-6-,14-12-,20-18+. The largest absolute Gasteiger partial charge is 0.291 e. The SMILES string of the molecule is CC/C(=C\C/C=C\C/C=C\C/C=C\CCCCCC[C]=O)[N+](=O)[O-]. The molecule has 0 N–H and O–H groups in total. The molecule has 133 valence electrons. The minimum Gasteiger partial charge on any atom is -0.291 e. The van der Waals surface area contributed by atoms with Gasteiger partial charge in [0.2, 0.25) is 5.70 Å². The van der Waals surface area contributed by atoms with E-state index >= 15 is 0 Å². The van der Waals surface area contributed by atoms with Gasteiger partial charge in [0.15, 0.2) is 6.29 Å². The zero-order valence-corrected chi connectivity index (χ0v) is 14.8. The molecule has 0 heterocycles. The maximum atomic E-state index is 10.6. The molecular formula is C20H30NO3. The predicted octanol–water partition coefficient (Wildman–Crippen LogP) is 5.85. The average Bonchev–Trinajstić information content (AvgIpc) is 2.57. The van der Waals surface area contributed by atoms with Crippen molar-refractivity contribution in [3.8, 4) is 0 Å². The molecule has 0 amide bonds. The molecule has 4 heteroatoms. The second kappa shape index (κ2) is 17.4. The van der Waals surface area contributed by atoms with E-state index in [2.05, 4.69) is 24.3 Å². The van der Waals surface area contributed by atoms with Crippen LogP contribution in [0.1, 0.15) is 71.1 Å². The van der Waals surface area contributed by atoms with Crippen LogP contribution >= 0.6 is 0 Å². The fourth-order valence-corrected chi connectivity index (χ4v) is 2.12. The van der Waals surface area contributed by atoms with Gasteiger partial charge in [-0.2, -0.15) is 0 Å². The zero-order chi connectivity index (χ0) is 17.9. The van der Waals surface area contributed by atoms with E-state index in [-0.39, 0.29) is 10.6 Å². The molecule has 0 atom stereocenters. The molecule has 24 heavy (non-hydrogen) atoms. The van der Waals surface area contributed by atoms with Crippen molar-refractivity contribution < 1.29 is 9.72 Å². The van der Waals surface area contributed by atoms with Crippen molar-refractivity contribution in [2.24, 2.45) is 0 Å². The average molecular weight is 332 g/mol. The molecule has 0 aromatic heterocycles. The molecule has 0 aromatic rings. The molecule has 0 bridgehead atoms. The van der Waals surface area contributed by atoms with Crippen molar-refractivity contribution >= 4 is 6.29 Å². The van der Waals surface area contributed by atoms with E-state index in [1.165, 1.54) is 12.8 Å². The lowest BCUT2D eigenvalue weighted by Gasteiger charge is -1.95. The van der Waals surface area contributed by atoms with Gasteiger partial charge in [-0.15, -0.1) is 0 Å². The van der Waals surface area contributed by atoms with Crippen molar-refractivity contribution in [1.29, 1.82) is 0 Å². The van der Waals surface area contributed by atoms with Crippen LogP contribution in [0, 0.1) is 10.1 Å². The minimum atomic E-state index is -0.316. The number of unbranched alkanes of at least 4 members (excludes halogenated alkanes) is 5. The van der Waals surface area contributed by atoms with Crippen LogP contribution in [0.15, 0.2) is 48.2 Å². The quantitative estimate of drug-likeness (QED) is 0.164. The molecule has 0 saturated heterocycles. The first-order valence-electron chi connectivity index (χ1n) is 8.85. The number of carbonyl (C=O) groups excluding carboxylic acids is 1. The summed E-state index contributed by atoms with van der Waals surface area (Å²) in [7, 11) is 0. The maximum Gasteiger partial charge on any atom is 0.242 e. The lowest BCUT2D eigenvalue weighted by Crippen LogP contribution is -1.96. The maximum absolute atomic E-state index is 10.6. The number of allylic oxidation sites excluding steroid dienone is 8. The fraction of sp³-hybridized carbons (Fsp3) is 0.550. The van der Waals surface area contributed by atoms with Gasteiger partial charge in [0, 0.05) is 12.8 Å². The van der Waals surface area contributed by atoms with Crippen molar-refractivity contribution in [2.45, 2.75) is 71.1 Å². The summed E-state index contributed by atoms with van der Waals surface area (Å²) in [6.45, 7) is 1.79. The van der Waals surface area contributed by atoms with E-state index in [9.17, 15) is 14.9 Å². The Balaban J connectivity index is 3.58. The predicted molar refractivity (Wildman–Crippen MR) is 100 cm³/mol. The molecule has 0 aromatic carbocycles. The van der Waals surface area contributed by atoms with Crippen LogP contribution in [0.2, 0.25) is 0 Å². The van der Waals surface area contributed by atoms with Crippen LogP contribution in [-0.4, -0.2) is 11.2 Å². The van der Waals surface area contributed by atoms with Gasteiger partial charge in [0.1, 0.15) is 0 Å². The number of nitro groups is 1. The lowest BCUT2D eigenvalue weighted by molar-refractivity contribution is -0.427. The fourth-order valence-electron chi connectivity index (χ4n) is 2.12. The van der Waals surface area contributed by atoms with Gasteiger partial charge in [-0.05, 0) is 44.6 Å². The lowest BCUT2D eigenvalue weighted by atomic mass is 10.1. The molecule has 0 rings (SSSR count). The summed E-state index contributed by atoms with van der Waals surface area (Å²) in [4.78, 5) is 20.3. The Labute approximate surface area is 146 Å². The molecule has 0 unspecified atom stereocenters. The van der Waals surface area contributed by atoms with Gasteiger partial charge in [-0.1, -0.05) is 56.2 Å². The third kappa shape index (κ3) is 14.9. The Morgan fingerprint density at radius 1 is 0.917 bits per heavy atom. The normalized spacial score (nSPS) is 12.6. The van der Waals surface area contributed by atoms with Crippen LogP contribution in [0.25, 0.3) is 0 Å². The summed E-state index contributed by atoms with van der Waals surface area (Å²) in [6.07, 6.45) is 25.2. The van der Waals surface area contributed by atoms with E-state index in [4.69, 9.17) is 0 Å². The Kier molecular flexibility index (Phi) is 16.0. The van der Waals surface area contributed by atoms with Crippen LogP contribution in [0.4, 0.5) is 0 Å². The summed E-state index contributed by atoms with van der Waals surface area (Å²) in [5.41, 5.74) is 0.280. The van der Waals surface area contributed by atoms with Crippen LogP contribution in [0.5, 0.6) is 0 Å². The number of hydrogen-bond donors (Lipinski definition) is 0. The molecule has 0 aliphatic heterocycles. The molecule has 0 fully saturated rings. The van der Waals surface area contributed by atoms with Crippen LogP contribution < -0.4 is 0 Å². The molecule has 0 aliphatic rings. The van der Waals surface area contributed by atoms with E-state index in [1.807, 2.05) is 18.4 Å². The molecule has 0 saturated carbocycles. The summed E-state index contributed by atoms with van der Waals surface area (Å²) >= 11 is 0.